The molecule has 3 rings (SSSR count). The Balaban J connectivity index is 1.48. The third-order valence-electron chi connectivity index (χ3n) is 3.38. The van der Waals surface area contributed by atoms with Crippen LogP contribution in [0.3, 0.4) is 0 Å². The number of aromatic nitrogens is 4. The number of amides is 1. The van der Waals surface area contributed by atoms with Gasteiger partial charge in [-0.15, -0.1) is 5.10 Å². The first kappa shape index (κ1) is 16.9. The Bertz CT molecular complexity index is 830. The molecule has 0 unspecified atom stereocenters. The lowest BCUT2D eigenvalue weighted by Crippen LogP contribution is -2.14. The summed E-state index contributed by atoms with van der Waals surface area (Å²) < 4.78 is 24.1. The Hall–Kier alpha value is -1.98. The second-order valence-corrected chi connectivity index (χ2v) is 7.98. The van der Waals surface area contributed by atoms with Crippen LogP contribution in [0.25, 0.3) is 0 Å². The van der Waals surface area contributed by atoms with Gasteiger partial charge in [0.1, 0.15) is 0 Å². The molecule has 1 aliphatic rings. The van der Waals surface area contributed by atoms with E-state index in [1.165, 1.54) is 36.0 Å². The largest absolute Gasteiger partial charge is 0.326 e. The predicted molar refractivity (Wildman–Crippen MR) is 87.9 cm³/mol. The summed E-state index contributed by atoms with van der Waals surface area (Å²) in [6, 6.07) is 6.10. The van der Waals surface area contributed by atoms with Crippen LogP contribution in [-0.2, 0) is 14.8 Å². The molecule has 0 aliphatic heterocycles. The first-order valence-electron chi connectivity index (χ1n) is 7.27. The summed E-state index contributed by atoms with van der Waals surface area (Å²) in [5.74, 6) is 0.380. The molecular weight excluding hydrogens is 352 g/mol. The van der Waals surface area contributed by atoms with Gasteiger partial charge >= 0.3 is 0 Å². The molecule has 2 aromatic rings. The van der Waals surface area contributed by atoms with E-state index in [0.29, 0.717) is 23.9 Å². The van der Waals surface area contributed by atoms with E-state index in [1.54, 1.807) is 4.68 Å². The van der Waals surface area contributed by atoms with Gasteiger partial charge in [0.15, 0.2) is 0 Å². The number of nitrogens with one attached hydrogen (secondary N) is 1. The van der Waals surface area contributed by atoms with Gasteiger partial charge in [0.05, 0.1) is 10.9 Å². The molecule has 0 atom stereocenters. The molecule has 1 aliphatic carbocycles. The van der Waals surface area contributed by atoms with Crippen molar-refractivity contribution >= 4 is 33.4 Å². The standard InChI is InChI=1S/C13H16N6O3S2/c14-24(21,22)11-5-1-9(2-6-11)15-12(20)7-8-23-13-16-17-18-19(13)10-3-4-10/h1-2,5-6,10H,3-4,7-8H2,(H,15,20)(H2,14,21,22). The fraction of sp³-hybridized carbons (Fsp3) is 0.385. The molecule has 0 bridgehead atoms. The van der Waals surface area contributed by atoms with E-state index >= 15 is 0 Å². The molecule has 24 heavy (non-hydrogen) atoms. The fourth-order valence-electron chi connectivity index (χ4n) is 2.02. The normalized spacial score (nSPS) is 14.5. The molecule has 1 fully saturated rings. The number of carbonyl (C=O) groups is 1. The summed E-state index contributed by atoms with van der Waals surface area (Å²) >= 11 is 1.44. The smallest absolute Gasteiger partial charge is 0.238 e. The lowest BCUT2D eigenvalue weighted by atomic mass is 10.3. The number of rotatable bonds is 7. The lowest BCUT2D eigenvalue weighted by Gasteiger charge is -2.06. The first-order chi connectivity index (χ1) is 11.4. The van der Waals surface area contributed by atoms with Crippen molar-refractivity contribution in [2.24, 2.45) is 5.14 Å². The highest BCUT2D eigenvalue weighted by molar-refractivity contribution is 7.99. The number of anilines is 1. The molecule has 1 aromatic heterocycles. The zero-order chi connectivity index (χ0) is 17.2. The monoisotopic (exact) mass is 368 g/mol. The Morgan fingerprint density at radius 1 is 1.33 bits per heavy atom. The van der Waals surface area contributed by atoms with E-state index in [4.69, 9.17) is 5.14 Å². The van der Waals surface area contributed by atoms with Crippen molar-refractivity contribution in [3.8, 4) is 0 Å². The van der Waals surface area contributed by atoms with Gasteiger partial charge in [-0.05, 0) is 47.5 Å². The molecule has 1 aromatic carbocycles. The van der Waals surface area contributed by atoms with Crippen LogP contribution >= 0.6 is 11.8 Å². The number of hydrogen-bond acceptors (Lipinski definition) is 7. The lowest BCUT2D eigenvalue weighted by molar-refractivity contribution is -0.115. The molecule has 9 nitrogen and oxygen atoms in total. The van der Waals surface area contributed by atoms with E-state index in [9.17, 15) is 13.2 Å². The minimum absolute atomic E-state index is 0.00275. The van der Waals surface area contributed by atoms with Gasteiger partial charge < -0.3 is 5.32 Å². The van der Waals surface area contributed by atoms with Crippen molar-refractivity contribution in [1.29, 1.82) is 0 Å². The second-order valence-electron chi connectivity index (χ2n) is 5.35. The molecule has 128 valence electrons. The van der Waals surface area contributed by atoms with Crippen molar-refractivity contribution in [3.05, 3.63) is 24.3 Å². The molecule has 1 amide bonds. The van der Waals surface area contributed by atoms with Crippen LogP contribution in [0.5, 0.6) is 0 Å². The molecule has 0 spiro atoms. The van der Waals surface area contributed by atoms with E-state index in [0.717, 1.165) is 18.0 Å². The summed E-state index contributed by atoms with van der Waals surface area (Å²) in [7, 11) is -3.73. The number of primary sulfonamides is 1. The Morgan fingerprint density at radius 3 is 2.67 bits per heavy atom. The number of carbonyl (C=O) groups excluding carboxylic acids is 1. The average Bonchev–Trinajstić information content (AvgIpc) is 3.26. The number of thioether (sulfide) groups is 1. The Labute approximate surface area is 143 Å². The Kier molecular flexibility index (Phi) is 4.83. The van der Waals surface area contributed by atoms with Crippen LogP contribution in [-0.4, -0.2) is 40.3 Å². The maximum atomic E-state index is 11.9. The predicted octanol–water partition coefficient (Wildman–Crippen LogP) is 0.776. The van der Waals surface area contributed by atoms with Crippen molar-refractivity contribution in [3.63, 3.8) is 0 Å². The number of tetrazole rings is 1. The third-order valence-corrected chi connectivity index (χ3v) is 5.25. The van der Waals surface area contributed by atoms with Crippen molar-refractivity contribution in [2.45, 2.75) is 35.4 Å². The van der Waals surface area contributed by atoms with Crippen LogP contribution in [0.4, 0.5) is 5.69 Å². The molecule has 3 N–H and O–H groups in total. The van der Waals surface area contributed by atoms with Crippen LogP contribution in [0.1, 0.15) is 25.3 Å². The first-order valence-corrected chi connectivity index (χ1v) is 9.80. The van der Waals surface area contributed by atoms with E-state index in [2.05, 4.69) is 20.8 Å². The van der Waals surface area contributed by atoms with Gasteiger partial charge in [-0.3, -0.25) is 4.79 Å². The summed E-state index contributed by atoms with van der Waals surface area (Å²) in [6.45, 7) is 0. The maximum absolute atomic E-state index is 11.9. The van der Waals surface area contributed by atoms with E-state index in [-0.39, 0.29) is 10.8 Å². The van der Waals surface area contributed by atoms with Crippen LogP contribution in [0, 0.1) is 0 Å². The number of hydrogen-bond donors (Lipinski definition) is 2. The molecule has 1 saturated carbocycles. The van der Waals surface area contributed by atoms with E-state index in [1.807, 2.05) is 0 Å². The van der Waals surface area contributed by atoms with Crippen molar-refractivity contribution < 1.29 is 13.2 Å². The molecular formula is C13H16N6O3S2. The van der Waals surface area contributed by atoms with Crippen LogP contribution < -0.4 is 10.5 Å². The highest BCUT2D eigenvalue weighted by Crippen LogP contribution is 2.36. The van der Waals surface area contributed by atoms with Gasteiger partial charge in [0, 0.05) is 17.9 Å². The average molecular weight is 368 g/mol. The maximum Gasteiger partial charge on any atom is 0.238 e. The summed E-state index contributed by atoms with van der Waals surface area (Å²) in [6.07, 6.45) is 2.47. The number of sulfonamides is 1. The van der Waals surface area contributed by atoms with Crippen molar-refractivity contribution in [2.75, 3.05) is 11.1 Å². The fourth-order valence-corrected chi connectivity index (χ4v) is 3.41. The minimum atomic E-state index is -3.73. The van der Waals surface area contributed by atoms with Gasteiger partial charge in [-0.2, -0.15) is 0 Å². The summed E-state index contributed by atoms with van der Waals surface area (Å²) in [5, 5.41) is 20.0. The van der Waals surface area contributed by atoms with Gasteiger partial charge in [-0.25, -0.2) is 18.2 Å². The number of nitrogens with zero attached hydrogens (tertiary/aromatic N) is 4. The zero-order valence-corrected chi connectivity index (χ0v) is 14.3. The highest BCUT2D eigenvalue weighted by atomic mass is 32.2. The second kappa shape index (κ2) is 6.87. The molecule has 0 saturated heterocycles. The topological polar surface area (TPSA) is 133 Å². The van der Waals surface area contributed by atoms with Gasteiger partial charge in [0.25, 0.3) is 0 Å². The molecule has 11 heteroatoms. The third kappa shape index (κ3) is 4.30. The minimum Gasteiger partial charge on any atom is -0.326 e. The van der Waals surface area contributed by atoms with Gasteiger partial charge in [0.2, 0.25) is 21.1 Å². The Morgan fingerprint density at radius 2 is 2.04 bits per heavy atom. The SMILES string of the molecule is NS(=O)(=O)c1ccc(NC(=O)CCSc2nnnn2C2CC2)cc1. The number of nitrogens with two attached hydrogens (primary N) is 1. The van der Waals surface area contributed by atoms with E-state index < -0.39 is 10.0 Å². The summed E-state index contributed by atoms with van der Waals surface area (Å²) in [5.41, 5.74) is 0.514. The van der Waals surface area contributed by atoms with Crippen LogP contribution in [0.15, 0.2) is 34.3 Å². The zero-order valence-electron chi connectivity index (χ0n) is 12.6. The van der Waals surface area contributed by atoms with Crippen molar-refractivity contribution in [1.82, 2.24) is 20.2 Å². The number of benzene rings is 1. The molecule has 0 radical (unpaired) electrons. The highest BCUT2D eigenvalue weighted by Gasteiger charge is 2.27. The summed E-state index contributed by atoms with van der Waals surface area (Å²) in [4.78, 5) is 11.9. The molecule has 1 heterocycles. The van der Waals surface area contributed by atoms with Gasteiger partial charge in [-0.1, -0.05) is 11.8 Å². The van der Waals surface area contributed by atoms with Crippen LogP contribution in [0.2, 0.25) is 0 Å². The quantitative estimate of drug-likeness (QED) is 0.690.